The van der Waals surface area contributed by atoms with Crippen LogP contribution in [0.4, 0.5) is 8.78 Å². The standard InChI is InChI=1S/C4H5F2N/c5-2-1-4(7)3-6/h1-2,7H,3H2. The van der Waals surface area contributed by atoms with E-state index in [2.05, 4.69) is 0 Å². The summed E-state index contributed by atoms with van der Waals surface area (Å²) in [4.78, 5) is 0. The zero-order valence-electron chi connectivity index (χ0n) is 3.62. The quantitative estimate of drug-likeness (QED) is 0.514. The van der Waals surface area contributed by atoms with Crippen molar-refractivity contribution < 1.29 is 8.78 Å². The van der Waals surface area contributed by atoms with Crippen molar-refractivity contribution in [3.8, 4) is 0 Å². The normalized spacial score (nSPS) is 10.0. The third-order valence-corrected chi connectivity index (χ3v) is 0.408. The molecule has 0 bridgehead atoms. The molecular formula is C4H5F2N. The van der Waals surface area contributed by atoms with Gasteiger partial charge in [-0.05, 0) is 6.08 Å². The van der Waals surface area contributed by atoms with Crippen LogP contribution in [0.5, 0.6) is 0 Å². The molecule has 0 aromatic heterocycles. The van der Waals surface area contributed by atoms with E-state index < -0.39 is 6.67 Å². The smallest absolute Gasteiger partial charge is 0.131 e. The average molecular weight is 105 g/mol. The Labute approximate surface area is 40.2 Å². The van der Waals surface area contributed by atoms with E-state index in [9.17, 15) is 8.78 Å². The van der Waals surface area contributed by atoms with Gasteiger partial charge < -0.3 is 5.41 Å². The van der Waals surface area contributed by atoms with Gasteiger partial charge in [0.25, 0.3) is 0 Å². The molecule has 0 heterocycles. The molecule has 0 aromatic carbocycles. The molecule has 40 valence electrons. The second kappa shape index (κ2) is 3.46. The van der Waals surface area contributed by atoms with E-state index in [0.29, 0.717) is 0 Å². The van der Waals surface area contributed by atoms with E-state index in [1.165, 1.54) is 0 Å². The van der Waals surface area contributed by atoms with E-state index in [1.807, 2.05) is 0 Å². The summed E-state index contributed by atoms with van der Waals surface area (Å²) in [7, 11) is 0. The first kappa shape index (κ1) is 6.27. The lowest BCUT2D eigenvalue weighted by Crippen LogP contribution is -1.90. The molecule has 7 heavy (non-hydrogen) atoms. The molecule has 0 unspecified atom stereocenters. The summed E-state index contributed by atoms with van der Waals surface area (Å²) < 4.78 is 22.1. The Morgan fingerprint density at radius 1 is 1.71 bits per heavy atom. The third-order valence-electron chi connectivity index (χ3n) is 0.408. The molecule has 0 fully saturated rings. The molecule has 0 saturated carbocycles. The van der Waals surface area contributed by atoms with Crippen LogP contribution in [0.25, 0.3) is 0 Å². The summed E-state index contributed by atoms with van der Waals surface area (Å²) in [5.41, 5.74) is -0.345. The van der Waals surface area contributed by atoms with Crippen molar-refractivity contribution in [3.63, 3.8) is 0 Å². The molecule has 0 aliphatic rings. The molecule has 3 heteroatoms. The van der Waals surface area contributed by atoms with Crippen molar-refractivity contribution in [2.45, 2.75) is 0 Å². The SMILES string of the molecule is N=C(C=CF)CF. The minimum absolute atomic E-state index is 0.141. The van der Waals surface area contributed by atoms with Gasteiger partial charge in [-0.15, -0.1) is 0 Å². The van der Waals surface area contributed by atoms with Gasteiger partial charge >= 0.3 is 0 Å². The molecule has 0 spiro atoms. The molecule has 0 radical (unpaired) electrons. The zero-order valence-corrected chi connectivity index (χ0v) is 3.62. The molecular weight excluding hydrogens is 100 g/mol. The Morgan fingerprint density at radius 2 is 2.29 bits per heavy atom. The Hall–Kier alpha value is -0.730. The molecule has 0 aliphatic heterocycles. The van der Waals surface area contributed by atoms with Gasteiger partial charge in [-0.25, -0.2) is 8.78 Å². The first-order valence-electron chi connectivity index (χ1n) is 1.71. The van der Waals surface area contributed by atoms with Crippen LogP contribution in [0.1, 0.15) is 0 Å². The molecule has 1 N–H and O–H groups in total. The van der Waals surface area contributed by atoms with Crippen molar-refractivity contribution in [1.82, 2.24) is 0 Å². The maximum Gasteiger partial charge on any atom is 0.131 e. The fraction of sp³-hybridized carbons (Fsp3) is 0.250. The van der Waals surface area contributed by atoms with Gasteiger partial charge in [0.05, 0.1) is 12.0 Å². The van der Waals surface area contributed by atoms with Crippen LogP contribution >= 0.6 is 0 Å². The predicted octanol–water partition coefficient (Wildman–Crippen LogP) is 1.46. The van der Waals surface area contributed by atoms with Gasteiger partial charge in [-0.2, -0.15) is 0 Å². The van der Waals surface area contributed by atoms with Crippen LogP contribution in [0.3, 0.4) is 0 Å². The maximum absolute atomic E-state index is 11.1. The Kier molecular flexibility index (Phi) is 3.10. The van der Waals surface area contributed by atoms with Crippen LogP contribution in [-0.2, 0) is 0 Å². The highest BCUT2D eigenvalue weighted by Gasteiger charge is 1.83. The molecule has 0 atom stereocenters. The van der Waals surface area contributed by atoms with Crippen LogP contribution in [0, 0.1) is 5.41 Å². The first-order chi connectivity index (χ1) is 3.31. The molecule has 0 aliphatic carbocycles. The molecule has 0 saturated heterocycles. The second-order valence-corrected chi connectivity index (χ2v) is 0.952. The lowest BCUT2D eigenvalue weighted by atomic mass is 10.4. The first-order valence-corrected chi connectivity index (χ1v) is 1.71. The predicted molar refractivity (Wildman–Crippen MR) is 23.9 cm³/mol. The summed E-state index contributed by atoms with van der Waals surface area (Å²) in [5.74, 6) is 0. The molecule has 0 aromatic rings. The molecule has 0 amide bonds. The van der Waals surface area contributed by atoms with Crippen LogP contribution in [0.15, 0.2) is 12.4 Å². The largest absolute Gasteiger partial charge is 0.302 e. The molecule has 1 nitrogen and oxygen atoms in total. The average Bonchev–Trinajstić information content (AvgIpc) is 1.68. The highest BCUT2D eigenvalue weighted by atomic mass is 19.1. The minimum atomic E-state index is -0.902. The Balaban J connectivity index is 3.37. The fourth-order valence-electron chi connectivity index (χ4n) is 0.121. The fourth-order valence-corrected chi connectivity index (χ4v) is 0.121. The van der Waals surface area contributed by atoms with Gasteiger partial charge in [0.2, 0.25) is 0 Å². The van der Waals surface area contributed by atoms with Crippen molar-refractivity contribution in [2.24, 2.45) is 0 Å². The zero-order chi connectivity index (χ0) is 5.70. The van der Waals surface area contributed by atoms with Gasteiger partial charge in [0, 0.05) is 0 Å². The van der Waals surface area contributed by atoms with Crippen LogP contribution in [-0.4, -0.2) is 12.4 Å². The number of nitrogens with one attached hydrogen (secondary N) is 1. The Bertz CT molecular complexity index is 87.7. The number of allylic oxidation sites excluding steroid dienone is 1. The van der Waals surface area contributed by atoms with Gasteiger partial charge in [0.1, 0.15) is 6.67 Å². The van der Waals surface area contributed by atoms with Crippen molar-refractivity contribution in [2.75, 3.05) is 6.67 Å². The van der Waals surface area contributed by atoms with E-state index in [4.69, 9.17) is 5.41 Å². The number of halogens is 2. The highest BCUT2D eigenvalue weighted by Crippen LogP contribution is 1.78. The second-order valence-electron chi connectivity index (χ2n) is 0.952. The van der Waals surface area contributed by atoms with E-state index in [0.717, 1.165) is 6.08 Å². The third kappa shape index (κ3) is 3.09. The monoisotopic (exact) mass is 105 g/mol. The molecule has 0 rings (SSSR count). The lowest BCUT2D eigenvalue weighted by Gasteiger charge is -1.79. The minimum Gasteiger partial charge on any atom is -0.302 e. The van der Waals surface area contributed by atoms with Gasteiger partial charge in [-0.3, -0.25) is 0 Å². The summed E-state index contributed by atoms with van der Waals surface area (Å²) >= 11 is 0. The maximum atomic E-state index is 11.1. The van der Waals surface area contributed by atoms with Gasteiger partial charge in [-0.1, -0.05) is 0 Å². The van der Waals surface area contributed by atoms with E-state index in [-0.39, 0.29) is 12.0 Å². The lowest BCUT2D eigenvalue weighted by molar-refractivity contribution is 0.580. The summed E-state index contributed by atoms with van der Waals surface area (Å²) in [6.07, 6.45) is 0.905. The van der Waals surface area contributed by atoms with Crippen molar-refractivity contribution >= 4 is 5.71 Å². The van der Waals surface area contributed by atoms with Crippen LogP contribution < -0.4 is 0 Å². The van der Waals surface area contributed by atoms with E-state index in [1.54, 1.807) is 0 Å². The number of alkyl halides is 1. The van der Waals surface area contributed by atoms with Crippen LogP contribution in [0.2, 0.25) is 0 Å². The summed E-state index contributed by atoms with van der Waals surface area (Å²) in [6.45, 7) is -0.902. The number of hydrogen-bond donors (Lipinski definition) is 1. The van der Waals surface area contributed by atoms with E-state index >= 15 is 0 Å². The van der Waals surface area contributed by atoms with Crippen molar-refractivity contribution in [1.29, 1.82) is 5.41 Å². The van der Waals surface area contributed by atoms with Gasteiger partial charge in [0.15, 0.2) is 0 Å². The Morgan fingerprint density at radius 3 is 2.43 bits per heavy atom. The topological polar surface area (TPSA) is 23.9 Å². The summed E-state index contributed by atoms with van der Waals surface area (Å²) in [6, 6.07) is 0. The summed E-state index contributed by atoms with van der Waals surface area (Å²) in [5, 5.41) is 6.44. The highest BCUT2D eigenvalue weighted by molar-refractivity contribution is 5.92. The number of hydrogen-bond acceptors (Lipinski definition) is 1. The van der Waals surface area contributed by atoms with Crippen molar-refractivity contribution in [3.05, 3.63) is 12.4 Å². The number of rotatable bonds is 2.